The lowest BCUT2D eigenvalue weighted by atomic mass is 10.2. The van der Waals surface area contributed by atoms with E-state index in [9.17, 15) is 4.79 Å². The second-order valence-electron chi connectivity index (χ2n) is 5.20. The fraction of sp³-hybridized carbons (Fsp3) is 0.316. The maximum atomic E-state index is 12.3. The second-order valence-corrected chi connectivity index (χ2v) is 5.61. The number of halogens is 1. The smallest absolute Gasteiger partial charge is 0.251 e. The quantitative estimate of drug-likeness (QED) is 0.675. The molecule has 0 fully saturated rings. The lowest BCUT2D eigenvalue weighted by Gasteiger charge is -2.12. The van der Waals surface area contributed by atoms with Crippen molar-refractivity contribution in [2.24, 2.45) is 0 Å². The number of hydrogen-bond donors (Lipinski definition) is 1. The molecule has 0 aliphatic carbocycles. The van der Waals surface area contributed by atoms with Crippen molar-refractivity contribution in [3.05, 3.63) is 47.0 Å². The van der Waals surface area contributed by atoms with Crippen molar-refractivity contribution in [3.63, 3.8) is 0 Å². The molecule has 26 heavy (non-hydrogen) atoms. The lowest BCUT2D eigenvalue weighted by molar-refractivity contribution is 0.0946. The van der Waals surface area contributed by atoms with Crippen molar-refractivity contribution in [2.75, 3.05) is 34.0 Å². The molecule has 0 aliphatic rings. The van der Waals surface area contributed by atoms with Gasteiger partial charge in [0.15, 0.2) is 11.5 Å². The van der Waals surface area contributed by atoms with Crippen LogP contribution in [0.15, 0.2) is 36.4 Å². The van der Waals surface area contributed by atoms with E-state index in [1.807, 2.05) is 31.2 Å². The van der Waals surface area contributed by atoms with E-state index in [1.54, 1.807) is 6.07 Å². The summed E-state index contributed by atoms with van der Waals surface area (Å²) in [6.07, 6.45) is 0. The highest BCUT2D eigenvalue weighted by atomic mass is 35.5. The molecule has 0 saturated carbocycles. The summed E-state index contributed by atoms with van der Waals surface area (Å²) in [6, 6.07) is 10.4. The van der Waals surface area contributed by atoms with Crippen LogP contribution in [0.3, 0.4) is 0 Å². The number of amides is 1. The molecular formula is C19H22ClNO5. The van der Waals surface area contributed by atoms with Gasteiger partial charge in [0.2, 0.25) is 0 Å². The van der Waals surface area contributed by atoms with Gasteiger partial charge < -0.3 is 24.3 Å². The molecule has 0 bridgehead atoms. The summed E-state index contributed by atoms with van der Waals surface area (Å²) in [6.45, 7) is 3.23. The van der Waals surface area contributed by atoms with Crippen LogP contribution in [0.4, 0.5) is 0 Å². The van der Waals surface area contributed by atoms with Crippen molar-refractivity contribution in [1.82, 2.24) is 5.32 Å². The minimum Gasteiger partial charge on any atom is -0.494 e. The molecule has 0 heterocycles. The average Bonchev–Trinajstić information content (AvgIpc) is 2.65. The predicted octanol–water partition coefficient (Wildman–Crippen LogP) is 3.56. The van der Waals surface area contributed by atoms with Gasteiger partial charge in [0.1, 0.15) is 18.1 Å². The number of nitrogens with one attached hydrogen (secondary N) is 1. The zero-order chi connectivity index (χ0) is 18.9. The number of hydrogen-bond acceptors (Lipinski definition) is 5. The molecule has 0 radical (unpaired) electrons. The molecule has 6 nitrogen and oxygen atoms in total. The Kier molecular flexibility index (Phi) is 7.41. The minimum atomic E-state index is -0.275. The van der Waals surface area contributed by atoms with E-state index in [-0.39, 0.29) is 5.91 Å². The molecule has 1 amide bonds. The first kappa shape index (κ1) is 19.7. The largest absolute Gasteiger partial charge is 0.494 e. The Labute approximate surface area is 158 Å². The van der Waals surface area contributed by atoms with Gasteiger partial charge in [0.05, 0.1) is 32.4 Å². The molecule has 0 unspecified atom stereocenters. The first-order valence-electron chi connectivity index (χ1n) is 8.14. The predicted molar refractivity (Wildman–Crippen MR) is 100.0 cm³/mol. The van der Waals surface area contributed by atoms with Crippen LogP contribution in [0.1, 0.15) is 17.3 Å². The summed E-state index contributed by atoms with van der Waals surface area (Å²) in [5, 5.41) is 3.08. The Bertz CT molecular complexity index is 733. The van der Waals surface area contributed by atoms with Crippen molar-refractivity contribution in [2.45, 2.75) is 6.92 Å². The van der Waals surface area contributed by atoms with Gasteiger partial charge in [-0.15, -0.1) is 0 Å². The Morgan fingerprint density at radius 1 is 1.04 bits per heavy atom. The van der Waals surface area contributed by atoms with Crippen molar-refractivity contribution >= 4 is 17.5 Å². The van der Waals surface area contributed by atoms with E-state index >= 15 is 0 Å². The lowest BCUT2D eigenvalue weighted by Crippen LogP contribution is -2.28. The topological polar surface area (TPSA) is 66.0 Å². The van der Waals surface area contributed by atoms with Gasteiger partial charge in [-0.3, -0.25) is 4.79 Å². The highest BCUT2D eigenvalue weighted by Gasteiger charge is 2.15. The van der Waals surface area contributed by atoms with Crippen molar-refractivity contribution < 1.29 is 23.7 Å². The summed E-state index contributed by atoms with van der Waals surface area (Å²) in [5.41, 5.74) is 0.383. The van der Waals surface area contributed by atoms with E-state index in [2.05, 4.69) is 5.32 Å². The molecule has 2 rings (SSSR count). The minimum absolute atomic E-state index is 0.275. The monoisotopic (exact) mass is 379 g/mol. The maximum absolute atomic E-state index is 12.3. The molecule has 0 spiro atoms. The zero-order valence-corrected chi connectivity index (χ0v) is 15.8. The summed E-state index contributed by atoms with van der Waals surface area (Å²) in [7, 11) is 2.97. The van der Waals surface area contributed by atoms with Crippen LogP contribution in [0, 0.1) is 0 Å². The number of carbonyl (C=O) groups is 1. The summed E-state index contributed by atoms with van der Waals surface area (Å²) in [5.74, 6) is 2.01. The Morgan fingerprint density at radius 2 is 1.69 bits per heavy atom. The Morgan fingerprint density at radius 3 is 2.27 bits per heavy atom. The van der Waals surface area contributed by atoms with Crippen molar-refractivity contribution in [3.8, 4) is 23.0 Å². The van der Waals surface area contributed by atoms with Crippen LogP contribution in [0.5, 0.6) is 23.0 Å². The van der Waals surface area contributed by atoms with E-state index in [0.29, 0.717) is 47.6 Å². The van der Waals surface area contributed by atoms with E-state index in [0.717, 1.165) is 5.75 Å². The normalized spacial score (nSPS) is 10.2. The third-order valence-corrected chi connectivity index (χ3v) is 3.77. The van der Waals surface area contributed by atoms with Gasteiger partial charge in [-0.1, -0.05) is 11.6 Å². The average molecular weight is 380 g/mol. The highest BCUT2D eigenvalue weighted by molar-refractivity contribution is 6.32. The number of benzene rings is 2. The van der Waals surface area contributed by atoms with E-state index < -0.39 is 0 Å². The molecule has 7 heteroatoms. The molecule has 0 aromatic heterocycles. The zero-order valence-electron chi connectivity index (χ0n) is 15.0. The number of rotatable bonds is 9. The molecule has 1 N–H and O–H groups in total. The van der Waals surface area contributed by atoms with E-state index in [1.165, 1.54) is 20.3 Å². The maximum Gasteiger partial charge on any atom is 0.251 e. The molecule has 140 valence electrons. The molecule has 2 aromatic rings. The summed E-state index contributed by atoms with van der Waals surface area (Å²) < 4.78 is 21.3. The Hall–Kier alpha value is -2.60. The van der Waals surface area contributed by atoms with Gasteiger partial charge in [0, 0.05) is 5.56 Å². The van der Waals surface area contributed by atoms with Crippen LogP contribution >= 0.6 is 11.6 Å². The Balaban J connectivity index is 1.86. The van der Waals surface area contributed by atoms with Crippen LogP contribution < -0.4 is 24.3 Å². The van der Waals surface area contributed by atoms with Crippen LogP contribution in [0.2, 0.25) is 5.02 Å². The molecule has 0 atom stereocenters. The summed E-state index contributed by atoms with van der Waals surface area (Å²) >= 11 is 6.11. The standard InChI is InChI=1S/C19H22ClNO5/c1-4-25-14-5-7-15(8-6-14)26-10-9-21-19(22)13-11-16(20)18(24-3)17(12-13)23-2/h5-8,11-12H,4,9-10H2,1-3H3,(H,21,22). The molecular weight excluding hydrogens is 358 g/mol. The van der Waals surface area contributed by atoms with Gasteiger partial charge in [-0.2, -0.15) is 0 Å². The number of methoxy groups -OCH3 is 2. The fourth-order valence-electron chi connectivity index (χ4n) is 2.28. The second kappa shape index (κ2) is 9.77. The van der Waals surface area contributed by atoms with Gasteiger partial charge in [-0.05, 0) is 43.3 Å². The third-order valence-electron chi connectivity index (χ3n) is 3.49. The van der Waals surface area contributed by atoms with Crippen LogP contribution in [0.25, 0.3) is 0 Å². The van der Waals surface area contributed by atoms with E-state index in [4.69, 9.17) is 30.5 Å². The number of ether oxygens (including phenoxy) is 4. The number of carbonyl (C=O) groups excluding carboxylic acids is 1. The third kappa shape index (κ3) is 5.20. The van der Waals surface area contributed by atoms with Crippen molar-refractivity contribution in [1.29, 1.82) is 0 Å². The first-order chi connectivity index (χ1) is 12.6. The highest BCUT2D eigenvalue weighted by Crippen LogP contribution is 2.35. The summed E-state index contributed by atoms with van der Waals surface area (Å²) in [4.78, 5) is 12.3. The van der Waals surface area contributed by atoms with Gasteiger partial charge in [0.25, 0.3) is 5.91 Å². The molecule has 0 saturated heterocycles. The van der Waals surface area contributed by atoms with Gasteiger partial charge in [-0.25, -0.2) is 0 Å². The first-order valence-corrected chi connectivity index (χ1v) is 8.52. The fourth-order valence-corrected chi connectivity index (χ4v) is 2.57. The molecule has 0 aliphatic heterocycles. The van der Waals surface area contributed by atoms with Crippen LogP contribution in [-0.2, 0) is 0 Å². The molecule has 2 aromatic carbocycles. The SMILES string of the molecule is CCOc1ccc(OCCNC(=O)c2cc(Cl)c(OC)c(OC)c2)cc1. The van der Waals surface area contributed by atoms with Gasteiger partial charge >= 0.3 is 0 Å². The van der Waals surface area contributed by atoms with Crippen LogP contribution in [-0.4, -0.2) is 39.9 Å².